The average Bonchev–Trinajstić information content (AvgIpc) is 3.14. The van der Waals surface area contributed by atoms with Gasteiger partial charge < -0.3 is 14.2 Å². The Hall–Kier alpha value is -2.26. The number of nitrogens with zero attached hydrogens (tertiary/aromatic N) is 1. The van der Waals surface area contributed by atoms with Crippen LogP contribution in [0, 0.1) is 0 Å². The lowest BCUT2D eigenvalue weighted by Gasteiger charge is -2.10. The molecule has 1 aliphatic heterocycles. The van der Waals surface area contributed by atoms with Crippen LogP contribution in [0.1, 0.15) is 10.4 Å². The molecular formula is C16H10BrF2NO4S. The van der Waals surface area contributed by atoms with Gasteiger partial charge in [0.1, 0.15) is 0 Å². The number of benzene rings is 1. The lowest BCUT2D eigenvalue weighted by molar-refractivity contribution is -0.129. The minimum atomic E-state index is -2.97. The van der Waals surface area contributed by atoms with Gasteiger partial charge in [-0.3, -0.25) is 0 Å². The quantitative estimate of drug-likeness (QED) is 0.519. The van der Waals surface area contributed by atoms with E-state index in [2.05, 4.69) is 25.7 Å². The van der Waals surface area contributed by atoms with Crippen LogP contribution in [0.15, 0.2) is 44.8 Å². The van der Waals surface area contributed by atoms with Gasteiger partial charge in [0.15, 0.2) is 17.2 Å². The molecule has 3 rings (SSSR count). The van der Waals surface area contributed by atoms with Crippen molar-refractivity contribution >= 4 is 45.2 Å². The van der Waals surface area contributed by atoms with Crippen molar-refractivity contribution in [2.24, 2.45) is 4.99 Å². The maximum Gasteiger partial charge on any atom is 0.387 e. The molecule has 0 saturated carbocycles. The van der Waals surface area contributed by atoms with E-state index < -0.39 is 12.6 Å². The molecule has 0 atom stereocenters. The number of hydrogen-bond donors (Lipinski definition) is 0. The van der Waals surface area contributed by atoms with E-state index in [1.807, 2.05) is 12.1 Å². The number of carbonyl (C=O) groups is 1. The lowest BCUT2D eigenvalue weighted by Crippen LogP contribution is -2.07. The molecule has 0 amide bonds. The maximum absolute atomic E-state index is 12.4. The summed E-state index contributed by atoms with van der Waals surface area (Å²) in [5.41, 5.74) is 0.554. The van der Waals surface area contributed by atoms with Crippen molar-refractivity contribution in [1.82, 2.24) is 0 Å². The maximum atomic E-state index is 12.4. The Morgan fingerprint density at radius 1 is 1.28 bits per heavy atom. The highest BCUT2D eigenvalue weighted by Gasteiger charge is 2.25. The van der Waals surface area contributed by atoms with Gasteiger partial charge in [0, 0.05) is 10.4 Å². The zero-order valence-corrected chi connectivity index (χ0v) is 15.1. The summed E-state index contributed by atoms with van der Waals surface area (Å²) in [4.78, 5) is 17.0. The highest BCUT2D eigenvalue weighted by molar-refractivity contribution is 9.11. The van der Waals surface area contributed by atoms with E-state index in [9.17, 15) is 13.6 Å². The highest BCUT2D eigenvalue weighted by atomic mass is 79.9. The predicted molar refractivity (Wildman–Crippen MR) is 92.3 cm³/mol. The summed E-state index contributed by atoms with van der Waals surface area (Å²) < 4.78 is 40.2. The van der Waals surface area contributed by atoms with E-state index >= 15 is 0 Å². The lowest BCUT2D eigenvalue weighted by atomic mass is 10.2. The Balaban J connectivity index is 1.90. The van der Waals surface area contributed by atoms with Crippen LogP contribution in [0.2, 0.25) is 0 Å². The van der Waals surface area contributed by atoms with Gasteiger partial charge in [-0.25, -0.2) is 9.79 Å². The normalized spacial score (nSPS) is 15.5. The first kappa shape index (κ1) is 17.6. The molecule has 130 valence electrons. The molecule has 0 spiro atoms. The number of halogens is 3. The third-order valence-electron chi connectivity index (χ3n) is 3.12. The summed E-state index contributed by atoms with van der Waals surface area (Å²) in [5, 5.41) is 0. The van der Waals surface area contributed by atoms with Crippen molar-refractivity contribution in [1.29, 1.82) is 0 Å². The van der Waals surface area contributed by atoms with E-state index in [0.29, 0.717) is 5.56 Å². The average molecular weight is 430 g/mol. The van der Waals surface area contributed by atoms with Crippen LogP contribution in [0.3, 0.4) is 0 Å². The SMILES string of the molecule is COc1cc(C2=N/C(=C\c3ccc(Br)s3)C(=O)O2)ccc1OC(F)F. The third kappa shape index (κ3) is 4.05. The summed E-state index contributed by atoms with van der Waals surface area (Å²) in [6, 6.07) is 7.86. The number of rotatable bonds is 5. The number of cyclic esters (lactones) is 1. The van der Waals surface area contributed by atoms with E-state index in [4.69, 9.17) is 9.47 Å². The van der Waals surface area contributed by atoms with Crippen LogP contribution in [0.4, 0.5) is 8.78 Å². The standard InChI is InChI=1S/C16H10BrF2NO4S/c1-22-12-6-8(2-4-11(12)23-16(18)19)14-20-10(15(21)24-14)7-9-3-5-13(17)25-9/h2-7,16H,1H3/b10-7-. The fraction of sp³-hybridized carbons (Fsp3) is 0.125. The molecule has 1 aromatic carbocycles. The van der Waals surface area contributed by atoms with Gasteiger partial charge >= 0.3 is 12.6 Å². The molecule has 0 N–H and O–H groups in total. The number of ether oxygens (including phenoxy) is 3. The molecule has 5 nitrogen and oxygen atoms in total. The Morgan fingerprint density at radius 3 is 2.72 bits per heavy atom. The van der Waals surface area contributed by atoms with Crippen LogP contribution in [-0.4, -0.2) is 25.6 Å². The van der Waals surface area contributed by atoms with E-state index in [1.54, 1.807) is 6.08 Å². The number of esters is 1. The summed E-state index contributed by atoms with van der Waals surface area (Å²) in [6.07, 6.45) is 1.61. The Kier molecular flexibility index (Phi) is 5.14. The molecule has 2 aromatic rings. The summed E-state index contributed by atoms with van der Waals surface area (Å²) in [6.45, 7) is -2.97. The molecule has 25 heavy (non-hydrogen) atoms. The molecule has 1 aromatic heterocycles. The predicted octanol–water partition coefficient (Wildman–Crippen LogP) is 4.47. The van der Waals surface area contributed by atoms with Crippen LogP contribution in [0.5, 0.6) is 11.5 Å². The fourth-order valence-electron chi connectivity index (χ4n) is 2.07. The molecule has 9 heteroatoms. The molecule has 0 bridgehead atoms. The van der Waals surface area contributed by atoms with Crippen molar-refractivity contribution in [3.8, 4) is 11.5 Å². The number of carbonyl (C=O) groups excluding carboxylic acids is 1. The Bertz CT molecular complexity index is 879. The minimum absolute atomic E-state index is 0.0637. The number of methoxy groups -OCH3 is 1. The molecule has 0 saturated heterocycles. The van der Waals surface area contributed by atoms with Gasteiger partial charge in [0.2, 0.25) is 5.90 Å². The van der Waals surface area contributed by atoms with Gasteiger partial charge in [-0.15, -0.1) is 11.3 Å². The highest BCUT2D eigenvalue weighted by Crippen LogP contribution is 2.31. The molecule has 2 heterocycles. The zero-order chi connectivity index (χ0) is 18.0. The molecule has 0 fully saturated rings. The van der Waals surface area contributed by atoms with Crippen molar-refractivity contribution in [2.75, 3.05) is 7.11 Å². The first-order valence-electron chi connectivity index (χ1n) is 6.87. The van der Waals surface area contributed by atoms with Crippen molar-refractivity contribution in [3.05, 3.63) is 50.3 Å². The van der Waals surface area contributed by atoms with Crippen LogP contribution >= 0.6 is 27.3 Å². The van der Waals surface area contributed by atoms with Gasteiger partial charge in [0.05, 0.1) is 10.9 Å². The molecular weight excluding hydrogens is 420 g/mol. The summed E-state index contributed by atoms with van der Waals surface area (Å²) in [7, 11) is 1.32. The van der Waals surface area contributed by atoms with Crippen molar-refractivity contribution in [2.45, 2.75) is 6.61 Å². The second-order valence-corrected chi connectivity index (χ2v) is 7.22. The van der Waals surface area contributed by atoms with Gasteiger partial charge in [0.25, 0.3) is 0 Å². The van der Waals surface area contributed by atoms with Gasteiger partial charge in [-0.05, 0) is 52.3 Å². The largest absolute Gasteiger partial charge is 0.493 e. The summed E-state index contributed by atoms with van der Waals surface area (Å²) >= 11 is 4.79. The zero-order valence-electron chi connectivity index (χ0n) is 12.7. The smallest absolute Gasteiger partial charge is 0.387 e. The fourth-order valence-corrected chi connectivity index (χ4v) is 3.43. The van der Waals surface area contributed by atoms with Gasteiger partial charge in [-0.2, -0.15) is 8.78 Å². The monoisotopic (exact) mass is 429 g/mol. The van der Waals surface area contributed by atoms with E-state index in [0.717, 1.165) is 8.66 Å². The number of hydrogen-bond acceptors (Lipinski definition) is 6. The first-order chi connectivity index (χ1) is 12.0. The Labute approximate surface area is 153 Å². The van der Waals surface area contributed by atoms with Gasteiger partial charge in [-0.1, -0.05) is 0 Å². The molecule has 0 unspecified atom stereocenters. The van der Waals surface area contributed by atoms with E-state index in [1.165, 1.54) is 36.6 Å². The molecule has 0 aliphatic carbocycles. The topological polar surface area (TPSA) is 57.1 Å². The van der Waals surface area contributed by atoms with Crippen LogP contribution in [0.25, 0.3) is 6.08 Å². The number of aliphatic imine (C=N–C) groups is 1. The third-order valence-corrected chi connectivity index (χ3v) is 4.69. The van der Waals surface area contributed by atoms with Crippen molar-refractivity contribution < 1.29 is 27.8 Å². The second-order valence-electron chi connectivity index (χ2n) is 4.72. The number of thiophene rings is 1. The molecule has 1 aliphatic rings. The van der Waals surface area contributed by atoms with Crippen molar-refractivity contribution in [3.63, 3.8) is 0 Å². The minimum Gasteiger partial charge on any atom is -0.493 e. The van der Waals surface area contributed by atoms with Crippen LogP contribution in [-0.2, 0) is 9.53 Å². The van der Waals surface area contributed by atoms with E-state index in [-0.39, 0.29) is 23.1 Å². The van der Waals surface area contributed by atoms with Crippen LogP contribution < -0.4 is 9.47 Å². The second kappa shape index (κ2) is 7.32. The summed E-state index contributed by atoms with van der Waals surface area (Å²) in [5.74, 6) is -0.568. The Morgan fingerprint density at radius 2 is 2.08 bits per heavy atom. The molecule has 0 radical (unpaired) electrons. The first-order valence-corrected chi connectivity index (χ1v) is 8.48. The number of alkyl halides is 2.